The second-order valence-corrected chi connectivity index (χ2v) is 8.89. The minimum absolute atomic E-state index is 0.00262. The molecule has 8 nitrogen and oxygen atoms in total. The molecule has 1 heterocycles. The number of sulfonamides is 1. The van der Waals surface area contributed by atoms with Crippen LogP contribution >= 0.6 is 0 Å². The lowest BCUT2D eigenvalue weighted by molar-refractivity contribution is 0.102. The number of imidazole rings is 1. The first-order valence-corrected chi connectivity index (χ1v) is 10.8. The van der Waals surface area contributed by atoms with Crippen LogP contribution in [0.3, 0.4) is 0 Å². The minimum atomic E-state index is -3.73. The van der Waals surface area contributed by atoms with E-state index in [0.29, 0.717) is 24.4 Å². The average molecular weight is 429 g/mol. The summed E-state index contributed by atoms with van der Waals surface area (Å²) in [6, 6.07) is 11.8. The zero-order valence-electron chi connectivity index (χ0n) is 17.1. The molecule has 1 N–H and O–H groups in total. The predicted octanol–water partition coefficient (Wildman–Crippen LogP) is 2.83. The maximum Gasteiger partial charge on any atom is 0.255 e. The second kappa shape index (κ2) is 9.10. The Kier molecular flexibility index (Phi) is 6.53. The van der Waals surface area contributed by atoms with Crippen LogP contribution in [0.2, 0.25) is 0 Å². The van der Waals surface area contributed by atoms with E-state index in [-0.39, 0.29) is 16.6 Å². The highest BCUT2D eigenvalue weighted by atomic mass is 32.2. The molecule has 0 fully saturated rings. The molecule has 0 unspecified atom stereocenters. The van der Waals surface area contributed by atoms with E-state index >= 15 is 0 Å². The number of amides is 1. The van der Waals surface area contributed by atoms with Crippen molar-refractivity contribution in [2.75, 3.05) is 26.0 Å². The number of carbonyl (C=O) groups is 1. The highest BCUT2D eigenvalue weighted by Crippen LogP contribution is 2.29. The Balaban J connectivity index is 1.79. The number of hydrogen-bond acceptors (Lipinski definition) is 5. The van der Waals surface area contributed by atoms with Gasteiger partial charge >= 0.3 is 0 Å². The second-order valence-electron chi connectivity index (χ2n) is 6.77. The quantitative estimate of drug-likeness (QED) is 0.595. The molecule has 9 heteroatoms. The van der Waals surface area contributed by atoms with E-state index in [4.69, 9.17) is 4.74 Å². The maximum atomic E-state index is 12.6. The van der Waals surface area contributed by atoms with E-state index in [9.17, 15) is 13.2 Å². The summed E-state index contributed by atoms with van der Waals surface area (Å²) in [5.74, 6) is -0.0883. The van der Waals surface area contributed by atoms with Gasteiger partial charge in [0.25, 0.3) is 5.91 Å². The molecular weight excluding hydrogens is 404 g/mol. The number of nitrogens with zero attached hydrogens (tertiary/aromatic N) is 3. The van der Waals surface area contributed by atoms with Gasteiger partial charge in [0.2, 0.25) is 10.0 Å². The molecule has 0 aliphatic heterocycles. The molecule has 0 aliphatic carbocycles. The average Bonchev–Trinajstić information content (AvgIpc) is 3.22. The maximum absolute atomic E-state index is 12.6. The summed E-state index contributed by atoms with van der Waals surface area (Å²) in [4.78, 5) is 16.6. The lowest BCUT2D eigenvalue weighted by Gasteiger charge is -2.16. The number of carbonyl (C=O) groups excluding carboxylic acids is 1. The van der Waals surface area contributed by atoms with Gasteiger partial charge in [-0.05, 0) is 42.8 Å². The van der Waals surface area contributed by atoms with Crippen molar-refractivity contribution in [2.24, 2.45) is 0 Å². The van der Waals surface area contributed by atoms with E-state index in [1.807, 2.05) is 22.9 Å². The molecule has 1 aromatic heterocycles. The number of anilines is 1. The Morgan fingerprint density at radius 2 is 1.90 bits per heavy atom. The molecule has 1 amide bonds. The summed E-state index contributed by atoms with van der Waals surface area (Å²) >= 11 is 0. The summed E-state index contributed by atoms with van der Waals surface area (Å²) in [5, 5.41) is 2.75. The molecule has 0 atom stereocenters. The van der Waals surface area contributed by atoms with Gasteiger partial charge in [-0.1, -0.05) is 12.1 Å². The molecule has 0 saturated heterocycles. The lowest BCUT2D eigenvalue weighted by Crippen LogP contribution is -2.23. The summed E-state index contributed by atoms with van der Waals surface area (Å²) in [5.41, 5.74) is 1.87. The normalized spacial score (nSPS) is 11.5. The van der Waals surface area contributed by atoms with Crippen LogP contribution in [0, 0.1) is 0 Å². The van der Waals surface area contributed by atoms with Gasteiger partial charge in [0.05, 0.1) is 12.9 Å². The van der Waals surface area contributed by atoms with Gasteiger partial charge in [-0.25, -0.2) is 17.7 Å². The van der Waals surface area contributed by atoms with E-state index in [0.717, 1.165) is 9.87 Å². The molecule has 3 aromatic rings. The Morgan fingerprint density at radius 3 is 2.50 bits per heavy atom. The van der Waals surface area contributed by atoms with Crippen LogP contribution in [0.4, 0.5) is 5.69 Å². The largest absolute Gasteiger partial charge is 0.492 e. The monoisotopic (exact) mass is 428 g/mol. The van der Waals surface area contributed by atoms with Gasteiger partial charge in [0.15, 0.2) is 0 Å². The number of ether oxygens (including phenoxy) is 1. The van der Waals surface area contributed by atoms with Gasteiger partial charge in [-0.3, -0.25) is 4.79 Å². The fourth-order valence-electron chi connectivity index (χ4n) is 2.81. The molecule has 0 aliphatic rings. The topological polar surface area (TPSA) is 93.5 Å². The number of aromatic nitrogens is 2. The van der Waals surface area contributed by atoms with Crippen LogP contribution in [0.25, 0.3) is 0 Å². The molecule has 0 bridgehead atoms. The van der Waals surface area contributed by atoms with E-state index < -0.39 is 10.0 Å². The molecule has 0 saturated carbocycles. The fourth-order valence-corrected chi connectivity index (χ4v) is 3.87. The Labute approximate surface area is 176 Å². The summed E-state index contributed by atoms with van der Waals surface area (Å²) in [7, 11) is -0.841. The Morgan fingerprint density at radius 1 is 1.17 bits per heavy atom. The van der Waals surface area contributed by atoms with Crippen molar-refractivity contribution >= 4 is 21.6 Å². The predicted molar refractivity (Wildman–Crippen MR) is 114 cm³/mol. The van der Waals surface area contributed by atoms with Crippen molar-refractivity contribution in [2.45, 2.75) is 18.4 Å². The van der Waals surface area contributed by atoms with Crippen molar-refractivity contribution in [1.29, 1.82) is 0 Å². The molecule has 0 radical (unpaired) electrons. The van der Waals surface area contributed by atoms with Crippen molar-refractivity contribution in [3.63, 3.8) is 0 Å². The lowest BCUT2D eigenvalue weighted by atomic mass is 10.1. The third-order valence-electron chi connectivity index (χ3n) is 4.40. The highest BCUT2D eigenvalue weighted by Gasteiger charge is 2.23. The Bertz CT molecular complexity index is 1110. The highest BCUT2D eigenvalue weighted by molar-refractivity contribution is 7.89. The summed E-state index contributed by atoms with van der Waals surface area (Å²) in [6.45, 7) is 2.76. The SMILES string of the molecule is CCOc1ccc(NC(=O)c2ccc(Cn3ccnc3)cc2)cc1S(=O)(=O)N(C)C. The summed E-state index contributed by atoms with van der Waals surface area (Å²) < 4.78 is 33.7. The van der Waals surface area contributed by atoms with E-state index in [1.165, 1.54) is 20.2 Å². The van der Waals surface area contributed by atoms with E-state index in [1.54, 1.807) is 43.7 Å². The van der Waals surface area contributed by atoms with Gasteiger partial charge < -0.3 is 14.6 Å². The third-order valence-corrected chi connectivity index (χ3v) is 6.24. The molecule has 3 rings (SSSR count). The number of rotatable bonds is 8. The van der Waals surface area contributed by atoms with Gasteiger partial charge in [-0.2, -0.15) is 0 Å². The van der Waals surface area contributed by atoms with Gasteiger partial charge in [-0.15, -0.1) is 0 Å². The van der Waals surface area contributed by atoms with Crippen molar-refractivity contribution in [3.8, 4) is 5.75 Å². The number of benzene rings is 2. The fraction of sp³-hybridized carbons (Fsp3) is 0.238. The van der Waals surface area contributed by atoms with Crippen LogP contribution in [-0.4, -0.2) is 48.9 Å². The zero-order valence-corrected chi connectivity index (χ0v) is 17.9. The van der Waals surface area contributed by atoms with Crippen LogP contribution < -0.4 is 10.1 Å². The van der Waals surface area contributed by atoms with Crippen LogP contribution in [0.5, 0.6) is 5.75 Å². The van der Waals surface area contributed by atoms with Crippen LogP contribution in [0.1, 0.15) is 22.8 Å². The van der Waals surface area contributed by atoms with Crippen molar-refractivity contribution in [3.05, 3.63) is 72.3 Å². The third kappa shape index (κ3) is 4.87. The van der Waals surface area contributed by atoms with Gasteiger partial charge in [0, 0.05) is 44.3 Å². The number of nitrogens with one attached hydrogen (secondary N) is 1. The zero-order chi connectivity index (χ0) is 21.7. The molecule has 158 valence electrons. The van der Waals surface area contributed by atoms with Crippen LogP contribution in [0.15, 0.2) is 66.1 Å². The first-order valence-electron chi connectivity index (χ1n) is 9.36. The first kappa shape index (κ1) is 21.5. The van der Waals surface area contributed by atoms with Crippen molar-refractivity contribution < 1.29 is 17.9 Å². The van der Waals surface area contributed by atoms with Crippen molar-refractivity contribution in [1.82, 2.24) is 13.9 Å². The molecule has 0 spiro atoms. The summed E-state index contributed by atoms with van der Waals surface area (Å²) in [6.07, 6.45) is 5.31. The van der Waals surface area contributed by atoms with E-state index in [2.05, 4.69) is 10.3 Å². The smallest absolute Gasteiger partial charge is 0.255 e. The standard InChI is InChI=1S/C21H24N4O4S/c1-4-29-19-10-9-18(13-20(19)30(27,28)24(2)3)23-21(26)17-7-5-16(6-8-17)14-25-12-11-22-15-25/h5-13,15H,4,14H2,1-3H3,(H,23,26). The molecule has 2 aromatic carbocycles. The molecule has 30 heavy (non-hydrogen) atoms. The first-order chi connectivity index (χ1) is 14.3. The Hall–Kier alpha value is -3.17. The van der Waals surface area contributed by atoms with Gasteiger partial charge in [0.1, 0.15) is 10.6 Å². The van der Waals surface area contributed by atoms with Crippen LogP contribution in [-0.2, 0) is 16.6 Å². The number of hydrogen-bond donors (Lipinski definition) is 1. The molecular formula is C21H24N4O4S. The minimum Gasteiger partial charge on any atom is -0.492 e.